The Hall–Kier alpha value is -3.74. The minimum atomic E-state index is -0.365. The van der Waals surface area contributed by atoms with Gasteiger partial charge in [-0.3, -0.25) is 19.9 Å². The topological polar surface area (TPSA) is 92.7 Å². The molecule has 0 aliphatic carbocycles. The number of nitrogens with one attached hydrogen (secondary N) is 2. The summed E-state index contributed by atoms with van der Waals surface area (Å²) in [5.41, 5.74) is 1.26. The Morgan fingerprint density at radius 1 is 1.00 bits per heavy atom. The quantitative estimate of drug-likeness (QED) is 0.603. The molecule has 0 bridgehead atoms. The fraction of sp³-hybridized carbons (Fsp3) is 0. The minimum absolute atomic E-state index is 0.0732. The molecule has 1 amide bonds. The van der Waals surface area contributed by atoms with Gasteiger partial charge < -0.3 is 0 Å². The number of carbonyl (C=O) groups excluding carboxylic acids is 1. The molecule has 0 spiro atoms. The number of aromatic nitrogens is 4. The van der Waals surface area contributed by atoms with E-state index in [1.54, 1.807) is 28.9 Å². The van der Waals surface area contributed by atoms with Gasteiger partial charge in [-0.05, 0) is 24.3 Å². The molecule has 0 aliphatic rings. The zero-order valence-corrected chi connectivity index (χ0v) is 13.0. The number of carbonyl (C=O) groups is 1. The van der Waals surface area contributed by atoms with Crippen LogP contribution in [0.15, 0.2) is 71.7 Å². The number of para-hydroxylation sites is 1. The summed E-state index contributed by atoms with van der Waals surface area (Å²) in [5, 5.41) is 7.19. The van der Waals surface area contributed by atoms with Crippen LogP contribution in [0.1, 0.15) is 10.4 Å². The van der Waals surface area contributed by atoms with Gasteiger partial charge in [0.05, 0.1) is 11.9 Å². The van der Waals surface area contributed by atoms with Crippen molar-refractivity contribution in [2.45, 2.75) is 0 Å². The van der Waals surface area contributed by atoms with Crippen LogP contribution in [0.5, 0.6) is 0 Å². The van der Waals surface area contributed by atoms with Gasteiger partial charge in [0.1, 0.15) is 5.39 Å². The van der Waals surface area contributed by atoms with Gasteiger partial charge >= 0.3 is 0 Å². The van der Waals surface area contributed by atoms with Crippen molar-refractivity contribution >= 4 is 22.9 Å². The molecule has 0 radical (unpaired) electrons. The summed E-state index contributed by atoms with van der Waals surface area (Å²) in [6, 6.07) is 18.1. The highest BCUT2D eigenvalue weighted by atomic mass is 16.2. The second-order valence-corrected chi connectivity index (χ2v) is 5.36. The van der Waals surface area contributed by atoms with E-state index in [2.05, 4.69) is 20.4 Å². The Morgan fingerprint density at radius 3 is 2.40 bits per heavy atom. The molecule has 0 fully saturated rings. The third-order valence-corrected chi connectivity index (χ3v) is 3.71. The van der Waals surface area contributed by atoms with Crippen LogP contribution < -0.4 is 10.9 Å². The van der Waals surface area contributed by atoms with Crippen molar-refractivity contribution in [3.05, 3.63) is 82.8 Å². The van der Waals surface area contributed by atoms with Gasteiger partial charge in [0, 0.05) is 5.56 Å². The SMILES string of the molecule is O=C(Nc1nc2c(cnn2-c2ccccc2)c(=O)[nH]1)c1ccccc1. The van der Waals surface area contributed by atoms with Crippen LogP contribution in [0.25, 0.3) is 16.7 Å². The molecule has 4 aromatic rings. The average molecular weight is 331 g/mol. The lowest BCUT2D eigenvalue weighted by Crippen LogP contribution is -2.18. The van der Waals surface area contributed by atoms with Crippen LogP contribution in [0.2, 0.25) is 0 Å². The number of fused-ring (bicyclic) bond motifs is 1. The van der Waals surface area contributed by atoms with Crippen molar-refractivity contribution in [1.29, 1.82) is 0 Å². The summed E-state index contributed by atoms with van der Waals surface area (Å²) in [4.78, 5) is 31.4. The highest BCUT2D eigenvalue weighted by molar-refractivity contribution is 6.03. The normalized spacial score (nSPS) is 10.7. The van der Waals surface area contributed by atoms with E-state index in [-0.39, 0.29) is 17.4 Å². The van der Waals surface area contributed by atoms with E-state index >= 15 is 0 Å². The molecule has 2 N–H and O–H groups in total. The first kappa shape index (κ1) is 14.8. The third-order valence-electron chi connectivity index (χ3n) is 3.71. The molecule has 0 aliphatic heterocycles. The highest BCUT2D eigenvalue weighted by Gasteiger charge is 2.13. The van der Waals surface area contributed by atoms with Gasteiger partial charge in [-0.2, -0.15) is 10.1 Å². The third kappa shape index (κ3) is 2.78. The lowest BCUT2D eigenvalue weighted by molar-refractivity contribution is 0.102. The predicted molar refractivity (Wildman–Crippen MR) is 93.9 cm³/mol. The lowest BCUT2D eigenvalue weighted by atomic mass is 10.2. The smallest absolute Gasteiger partial charge is 0.263 e. The molecule has 7 heteroatoms. The number of nitrogens with zero attached hydrogens (tertiary/aromatic N) is 3. The highest BCUT2D eigenvalue weighted by Crippen LogP contribution is 2.14. The van der Waals surface area contributed by atoms with Gasteiger partial charge in [-0.25, -0.2) is 4.68 Å². The summed E-state index contributed by atoms with van der Waals surface area (Å²) in [6.45, 7) is 0. The molecule has 0 saturated heterocycles. The van der Waals surface area contributed by atoms with Gasteiger partial charge in [-0.1, -0.05) is 36.4 Å². The van der Waals surface area contributed by atoms with Crippen LogP contribution in [-0.4, -0.2) is 25.7 Å². The zero-order chi connectivity index (χ0) is 17.2. The Labute approximate surface area is 142 Å². The Kier molecular flexibility index (Phi) is 3.59. The largest absolute Gasteiger partial charge is 0.292 e. The molecular weight excluding hydrogens is 318 g/mol. The predicted octanol–water partition coefficient (Wildman–Crippen LogP) is 2.36. The number of anilines is 1. The number of hydrogen-bond acceptors (Lipinski definition) is 4. The van der Waals surface area contributed by atoms with Crippen molar-refractivity contribution in [2.75, 3.05) is 5.32 Å². The molecule has 2 aromatic carbocycles. The Bertz CT molecular complexity index is 1100. The van der Waals surface area contributed by atoms with Gasteiger partial charge in [0.15, 0.2) is 5.65 Å². The van der Waals surface area contributed by atoms with Crippen LogP contribution in [0.4, 0.5) is 5.95 Å². The molecule has 2 heterocycles. The van der Waals surface area contributed by atoms with E-state index in [1.807, 2.05) is 36.4 Å². The summed E-state index contributed by atoms with van der Waals surface area (Å²) in [7, 11) is 0. The number of amides is 1. The molecule has 2 aromatic heterocycles. The fourth-order valence-corrected chi connectivity index (χ4v) is 2.51. The van der Waals surface area contributed by atoms with E-state index in [4.69, 9.17) is 0 Å². The lowest BCUT2D eigenvalue weighted by Gasteiger charge is -2.06. The van der Waals surface area contributed by atoms with Crippen molar-refractivity contribution in [2.24, 2.45) is 0 Å². The maximum Gasteiger partial charge on any atom is 0.263 e. The second-order valence-electron chi connectivity index (χ2n) is 5.36. The van der Waals surface area contributed by atoms with Crippen molar-refractivity contribution in [3.8, 4) is 5.69 Å². The zero-order valence-electron chi connectivity index (χ0n) is 13.0. The molecule has 7 nitrogen and oxygen atoms in total. The van der Waals surface area contributed by atoms with Crippen LogP contribution in [-0.2, 0) is 0 Å². The van der Waals surface area contributed by atoms with E-state index in [1.165, 1.54) is 6.20 Å². The molecule has 25 heavy (non-hydrogen) atoms. The van der Waals surface area contributed by atoms with Gasteiger partial charge in [0.2, 0.25) is 5.95 Å². The average Bonchev–Trinajstić information content (AvgIpc) is 3.07. The summed E-state index contributed by atoms with van der Waals surface area (Å²) < 4.78 is 1.56. The standard InChI is InChI=1S/C18H13N5O2/c24-16(12-7-3-1-4-8-12)21-18-20-15-14(17(25)22-18)11-19-23(15)13-9-5-2-6-10-13/h1-11H,(H2,20,21,22,24,25). The first-order valence-electron chi connectivity index (χ1n) is 7.62. The van der Waals surface area contributed by atoms with Crippen LogP contribution >= 0.6 is 0 Å². The number of rotatable bonds is 3. The van der Waals surface area contributed by atoms with E-state index < -0.39 is 0 Å². The van der Waals surface area contributed by atoms with Crippen molar-refractivity contribution in [1.82, 2.24) is 19.7 Å². The van der Waals surface area contributed by atoms with E-state index in [9.17, 15) is 9.59 Å². The monoisotopic (exact) mass is 331 g/mol. The minimum Gasteiger partial charge on any atom is -0.292 e. The Morgan fingerprint density at radius 2 is 1.68 bits per heavy atom. The molecule has 4 rings (SSSR count). The number of aromatic amines is 1. The van der Waals surface area contributed by atoms with Gasteiger partial charge in [0.25, 0.3) is 11.5 Å². The molecule has 0 atom stereocenters. The Balaban J connectivity index is 1.76. The van der Waals surface area contributed by atoms with Crippen molar-refractivity contribution < 1.29 is 4.79 Å². The van der Waals surface area contributed by atoms with Gasteiger partial charge in [-0.15, -0.1) is 0 Å². The molecule has 0 unspecified atom stereocenters. The van der Waals surface area contributed by atoms with Crippen molar-refractivity contribution in [3.63, 3.8) is 0 Å². The number of benzene rings is 2. The van der Waals surface area contributed by atoms with E-state index in [0.29, 0.717) is 16.6 Å². The fourth-order valence-electron chi connectivity index (χ4n) is 2.51. The second kappa shape index (κ2) is 6.04. The summed E-state index contributed by atoms with van der Waals surface area (Å²) in [6.07, 6.45) is 1.46. The summed E-state index contributed by atoms with van der Waals surface area (Å²) >= 11 is 0. The number of H-pyrrole nitrogens is 1. The summed E-state index contributed by atoms with van der Waals surface area (Å²) in [5.74, 6) is -0.280. The molecular formula is C18H13N5O2. The molecule has 0 saturated carbocycles. The number of hydrogen-bond donors (Lipinski definition) is 2. The van der Waals surface area contributed by atoms with E-state index in [0.717, 1.165) is 5.69 Å². The van der Waals surface area contributed by atoms with Crippen LogP contribution in [0.3, 0.4) is 0 Å². The maximum atomic E-state index is 12.3. The maximum absolute atomic E-state index is 12.3. The first-order chi connectivity index (χ1) is 12.2. The van der Waals surface area contributed by atoms with Crippen LogP contribution in [0, 0.1) is 0 Å². The first-order valence-corrected chi connectivity index (χ1v) is 7.62. The molecule has 122 valence electrons.